The van der Waals surface area contributed by atoms with Crippen molar-refractivity contribution < 1.29 is 14.7 Å². The summed E-state index contributed by atoms with van der Waals surface area (Å²) in [5.74, 6) is -0.668. The fourth-order valence-electron chi connectivity index (χ4n) is 6.60. The second-order valence-corrected chi connectivity index (χ2v) is 15.8. The van der Waals surface area contributed by atoms with Gasteiger partial charge in [0, 0.05) is 24.3 Å². The third-order valence-corrected chi connectivity index (χ3v) is 12.0. The van der Waals surface area contributed by atoms with Crippen LogP contribution in [0, 0.1) is 6.92 Å². The zero-order valence-electron chi connectivity index (χ0n) is 28.0. The molecule has 3 atom stereocenters. The molecule has 4 N–H and O–H groups in total. The van der Waals surface area contributed by atoms with Crippen LogP contribution in [0.1, 0.15) is 48.2 Å². The molecule has 4 aromatic carbocycles. The highest BCUT2D eigenvalue weighted by atomic mass is 32.2. The minimum Gasteiger partial charge on any atom is -0.391 e. The maximum Gasteiger partial charge on any atom is 0.243 e. The SMILES string of the molecule is Cc1ncsc1-c1ccc(CNC(=O)[C@@H]2C[C@H](O)CN2C(=O)[C@@H](N)C(C)(C)SC(c2ccccc2)(c2ccccc2)c2ccccc2)cc1. The normalized spacial score (nSPS) is 17.1. The van der Waals surface area contributed by atoms with Crippen molar-refractivity contribution in [2.75, 3.05) is 6.54 Å². The van der Waals surface area contributed by atoms with Crippen molar-refractivity contribution in [3.8, 4) is 10.4 Å². The quantitative estimate of drug-likeness (QED) is 0.136. The van der Waals surface area contributed by atoms with E-state index in [2.05, 4.69) is 46.7 Å². The van der Waals surface area contributed by atoms with E-state index in [0.717, 1.165) is 38.4 Å². The van der Waals surface area contributed by atoms with Crippen LogP contribution in [0.25, 0.3) is 10.4 Å². The lowest BCUT2D eigenvalue weighted by Gasteiger charge is -2.44. The lowest BCUT2D eigenvalue weighted by atomic mass is 9.84. The van der Waals surface area contributed by atoms with Crippen molar-refractivity contribution in [1.29, 1.82) is 0 Å². The van der Waals surface area contributed by atoms with E-state index < -0.39 is 27.7 Å². The summed E-state index contributed by atoms with van der Waals surface area (Å²) in [4.78, 5) is 34.8. The number of carbonyl (C=O) groups excluding carboxylic acids is 2. The molecule has 6 rings (SSSR count). The van der Waals surface area contributed by atoms with E-state index in [1.54, 1.807) is 23.1 Å². The molecule has 1 aliphatic rings. The van der Waals surface area contributed by atoms with Crippen LogP contribution in [-0.2, 0) is 20.9 Å². The summed E-state index contributed by atoms with van der Waals surface area (Å²) in [6, 6.07) is 37.0. The number of aliphatic hydroxyl groups is 1. The standard InChI is InChI=1S/C40H42N4O3S2/c1-27-35(48-26-43-27)29-21-19-28(20-22-29)24-42-37(46)34-23-33(45)25-44(34)38(47)36(41)39(2,3)49-40(30-13-7-4-8-14-30,31-15-9-5-10-16-31)32-17-11-6-12-18-32/h4-22,26,33-34,36,45H,23-25,41H2,1-3H3,(H,42,46)/t33-,34-,36+/m0/s1. The molecule has 1 saturated heterocycles. The van der Waals surface area contributed by atoms with Crippen LogP contribution in [0.4, 0.5) is 0 Å². The molecule has 5 aromatic rings. The van der Waals surface area contributed by atoms with Gasteiger partial charge in [-0.15, -0.1) is 23.1 Å². The number of nitrogens with one attached hydrogen (secondary N) is 1. The van der Waals surface area contributed by atoms with E-state index >= 15 is 0 Å². The summed E-state index contributed by atoms with van der Waals surface area (Å²) in [6.45, 7) is 6.32. The van der Waals surface area contributed by atoms with E-state index in [1.165, 1.54) is 4.90 Å². The van der Waals surface area contributed by atoms with E-state index in [-0.39, 0.29) is 24.8 Å². The first kappa shape index (κ1) is 34.6. The van der Waals surface area contributed by atoms with Gasteiger partial charge in [0.1, 0.15) is 6.04 Å². The first-order chi connectivity index (χ1) is 23.6. The smallest absolute Gasteiger partial charge is 0.243 e. The number of aromatic nitrogens is 1. The second kappa shape index (κ2) is 14.7. The summed E-state index contributed by atoms with van der Waals surface area (Å²) < 4.78 is -1.51. The predicted molar refractivity (Wildman–Crippen MR) is 199 cm³/mol. The first-order valence-corrected chi connectivity index (χ1v) is 18.2. The Labute approximate surface area is 296 Å². The average molecular weight is 691 g/mol. The van der Waals surface area contributed by atoms with Crippen molar-refractivity contribution >= 4 is 34.9 Å². The molecule has 0 radical (unpaired) electrons. The largest absolute Gasteiger partial charge is 0.391 e. The molecule has 0 aliphatic carbocycles. The van der Waals surface area contributed by atoms with Gasteiger partial charge in [0.2, 0.25) is 11.8 Å². The van der Waals surface area contributed by atoms with Crippen molar-refractivity contribution in [3.63, 3.8) is 0 Å². The van der Waals surface area contributed by atoms with Crippen molar-refractivity contribution in [3.05, 3.63) is 149 Å². The number of amides is 2. The number of rotatable bonds is 11. The van der Waals surface area contributed by atoms with Crippen molar-refractivity contribution in [2.45, 2.75) is 61.4 Å². The lowest BCUT2D eigenvalue weighted by Crippen LogP contribution is -2.57. The number of aliphatic hydroxyl groups excluding tert-OH is 1. The number of nitrogens with two attached hydrogens (primary N) is 1. The third-order valence-electron chi connectivity index (χ3n) is 9.27. The second-order valence-electron chi connectivity index (χ2n) is 13.0. The minimum absolute atomic E-state index is 0.0511. The molecule has 9 heteroatoms. The van der Waals surface area contributed by atoms with Crippen LogP contribution in [0.2, 0.25) is 0 Å². The van der Waals surface area contributed by atoms with Gasteiger partial charge in [-0.25, -0.2) is 4.98 Å². The summed E-state index contributed by atoms with van der Waals surface area (Å²) in [5, 5.41) is 13.7. The Morgan fingerprint density at radius 1 is 0.918 bits per heavy atom. The molecule has 2 amide bonds. The predicted octanol–water partition coefficient (Wildman–Crippen LogP) is 6.53. The van der Waals surface area contributed by atoms with Gasteiger partial charge in [0.05, 0.1) is 33.0 Å². The monoisotopic (exact) mass is 690 g/mol. The van der Waals surface area contributed by atoms with Crippen LogP contribution in [0.5, 0.6) is 0 Å². The zero-order valence-corrected chi connectivity index (χ0v) is 29.6. The van der Waals surface area contributed by atoms with E-state index in [1.807, 2.05) is 105 Å². The summed E-state index contributed by atoms with van der Waals surface area (Å²) in [5.41, 5.74) is 15.0. The molecular formula is C40H42N4O3S2. The van der Waals surface area contributed by atoms with Gasteiger partial charge in [-0.3, -0.25) is 9.59 Å². The molecular weight excluding hydrogens is 649 g/mol. The number of nitrogens with zero attached hydrogens (tertiary/aromatic N) is 2. The number of likely N-dealkylation sites (tertiary alicyclic amines) is 1. The molecule has 7 nitrogen and oxygen atoms in total. The van der Waals surface area contributed by atoms with Gasteiger partial charge in [0.15, 0.2) is 0 Å². The number of benzene rings is 4. The van der Waals surface area contributed by atoms with Gasteiger partial charge < -0.3 is 21.1 Å². The molecule has 0 unspecified atom stereocenters. The van der Waals surface area contributed by atoms with Crippen LogP contribution in [0.3, 0.4) is 0 Å². The maximum atomic E-state index is 14.3. The highest BCUT2D eigenvalue weighted by Crippen LogP contribution is 2.54. The van der Waals surface area contributed by atoms with Crippen molar-refractivity contribution in [2.24, 2.45) is 5.73 Å². The molecule has 0 spiro atoms. The van der Waals surface area contributed by atoms with Gasteiger partial charge in [0.25, 0.3) is 0 Å². The molecule has 49 heavy (non-hydrogen) atoms. The highest BCUT2D eigenvalue weighted by Gasteiger charge is 2.48. The Hall–Kier alpha value is -4.28. The van der Waals surface area contributed by atoms with Gasteiger partial charge in [-0.1, -0.05) is 115 Å². The van der Waals surface area contributed by atoms with Crippen LogP contribution in [0.15, 0.2) is 121 Å². The molecule has 0 bridgehead atoms. The Bertz CT molecular complexity index is 1770. The van der Waals surface area contributed by atoms with Gasteiger partial charge >= 0.3 is 0 Å². The molecule has 1 aliphatic heterocycles. The molecule has 0 saturated carbocycles. The van der Waals surface area contributed by atoms with E-state index in [4.69, 9.17) is 5.73 Å². The lowest BCUT2D eigenvalue weighted by molar-refractivity contribution is -0.140. The fraction of sp³-hybridized carbons (Fsp3) is 0.275. The molecule has 252 valence electrons. The van der Waals surface area contributed by atoms with Crippen LogP contribution >= 0.6 is 23.1 Å². The topological polar surface area (TPSA) is 109 Å². The number of β-amino-alcohol motifs (C(OH)–C–C–N with tert-alkyl or cyclic N) is 1. The van der Waals surface area contributed by atoms with E-state index in [9.17, 15) is 14.7 Å². The van der Waals surface area contributed by atoms with E-state index in [0.29, 0.717) is 6.54 Å². The summed E-state index contributed by atoms with van der Waals surface area (Å²) in [7, 11) is 0. The Morgan fingerprint density at radius 3 is 1.94 bits per heavy atom. The minimum atomic E-state index is -0.976. The number of aryl methyl sites for hydroxylation is 1. The van der Waals surface area contributed by atoms with Crippen LogP contribution < -0.4 is 11.1 Å². The highest BCUT2D eigenvalue weighted by molar-refractivity contribution is 8.02. The number of thioether (sulfide) groups is 1. The molecule has 2 heterocycles. The summed E-state index contributed by atoms with van der Waals surface area (Å²) >= 11 is 3.23. The van der Waals surface area contributed by atoms with Gasteiger partial charge in [-0.2, -0.15) is 0 Å². The van der Waals surface area contributed by atoms with Gasteiger partial charge in [-0.05, 0) is 48.6 Å². The Morgan fingerprint density at radius 2 is 1.45 bits per heavy atom. The molecule has 1 aromatic heterocycles. The zero-order chi connectivity index (χ0) is 34.6. The Balaban J connectivity index is 1.23. The third kappa shape index (κ3) is 7.21. The maximum absolute atomic E-state index is 14.3. The Kier molecular flexibility index (Phi) is 10.4. The number of hydrogen-bond acceptors (Lipinski definition) is 7. The summed E-state index contributed by atoms with van der Waals surface area (Å²) in [6.07, 6.45) is -0.662. The number of hydrogen-bond donors (Lipinski definition) is 3. The number of thiazole rings is 1. The fourth-order valence-corrected chi connectivity index (χ4v) is 9.19. The number of carbonyl (C=O) groups is 2. The van der Waals surface area contributed by atoms with Crippen LogP contribution in [-0.4, -0.2) is 56.3 Å². The average Bonchev–Trinajstić information content (AvgIpc) is 3.75. The van der Waals surface area contributed by atoms with Crippen molar-refractivity contribution in [1.82, 2.24) is 15.2 Å². The molecule has 1 fully saturated rings. The first-order valence-electron chi connectivity index (χ1n) is 16.5.